The number of carbonyl (C=O) groups is 1. The smallest absolute Gasteiger partial charge is 0.224 e. The van der Waals surface area contributed by atoms with Crippen molar-refractivity contribution in [2.75, 3.05) is 42.9 Å². The van der Waals surface area contributed by atoms with Crippen LogP contribution in [0.15, 0.2) is 48.5 Å². The van der Waals surface area contributed by atoms with E-state index < -0.39 is 6.10 Å². The number of anilines is 2. The third-order valence-corrected chi connectivity index (χ3v) is 6.28. The zero-order valence-electron chi connectivity index (χ0n) is 18.6. The number of hydrogen-bond acceptors (Lipinski definition) is 4. The lowest BCUT2D eigenvalue weighted by Crippen LogP contribution is -2.48. The molecule has 0 saturated carbocycles. The van der Waals surface area contributed by atoms with E-state index in [1.54, 1.807) is 0 Å². The van der Waals surface area contributed by atoms with Gasteiger partial charge in [-0.2, -0.15) is 0 Å². The minimum absolute atomic E-state index is 0.0823. The second kappa shape index (κ2) is 9.67. The van der Waals surface area contributed by atoms with Crippen LogP contribution in [-0.4, -0.2) is 54.7 Å². The summed E-state index contributed by atoms with van der Waals surface area (Å²) in [6.07, 6.45) is 4.67. The van der Waals surface area contributed by atoms with Crippen molar-refractivity contribution in [2.24, 2.45) is 0 Å². The molecule has 4 rings (SSSR count). The molecule has 0 aromatic heterocycles. The van der Waals surface area contributed by atoms with Crippen LogP contribution in [0.4, 0.5) is 11.4 Å². The summed E-state index contributed by atoms with van der Waals surface area (Å²) < 4.78 is 0. The fourth-order valence-corrected chi connectivity index (χ4v) is 4.31. The zero-order valence-corrected chi connectivity index (χ0v) is 18.6. The Morgan fingerprint density at radius 1 is 1.03 bits per heavy atom. The third kappa shape index (κ3) is 5.54. The fourth-order valence-electron chi connectivity index (χ4n) is 4.31. The second-order valence-corrected chi connectivity index (χ2v) is 8.93. The number of fused-ring (bicyclic) bond motifs is 1. The molecule has 1 fully saturated rings. The van der Waals surface area contributed by atoms with Crippen molar-refractivity contribution in [1.82, 2.24) is 4.90 Å². The maximum Gasteiger partial charge on any atom is 0.224 e. The van der Waals surface area contributed by atoms with Crippen molar-refractivity contribution in [1.29, 1.82) is 0 Å². The SMILES string of the molecule is CC(C)c1ccc(N2CCN(CC(O)/C=C/c3ccc4c(c3)CCC(=O)N4)CC2)cc1. The number of nitrogens with zero attached hydrogens (tertiary/aromatic N) is 2. The Bertz CT molecular complexity index is 928. The molecule has 1 amide bonds. The van der Waals surface area contributed by atoms with Crippen LogP contribution in [0.3, 0.4) is 0 Å². The summed E-state index contributed by atoms with van der Waals surface area (Å²) in [6.45, 7) is 8.96. The van der Waals surface area contributed by atoms with Crippen LogP contribution in [0.25, 0.3) is 6.08 Å². The topological polar surface area (TPSA) is 55.8 Å². The van der Waals surface area contributed by atoms with E-state index in [9.17, 15) is 9.90 Å². The van der Waals surface area contributed by atoms with E-state index in [1.165, 1.54) is 11.3 Å². The van der Waals surface area contributed by atoms with E-state index in [4.69, 9.17) is 0 Å². The fraction of sp³-hybridized carbons (Fsp3) is 0.423. The summed E-state index contributed by atoms with van der Waals surface area (Å²) in [5, 5.41) is 13.4. The van der Waals surface area contributed by atoms with E-state index in [1.807, 2.05) is 24.3 Å². The number of aryl methyl sites for hydroxylation is 1. The molecule has 1 atom stereocenters. The Labute approximate surface area is 185 Å². The second-order valence-electron chi connectivity index (χ2n) is 8.93. The van der Waals surface area contributed by atoms with Gasteiger partial charge in [0.15, 0.2) is 0 Å². The molecule has 0 radical (unpaired) electrons. The Hall–Kier alpha value is -2.63. The summed E-state index contributed by atoms with van der Waals surface area (Å²) in [5.41, 5.74) is 5.79. The van der Waals surface area contributed by atoms with Crippen LogP contribution in [-0.2, 0) is 11.2 Å². The van der Waals surface area contributed by atoms with Gasteiger partial charge in [-0.3, -0.25) is 9.69 Å². The van der Waals surface area contributed by atoms with Crippen LogP contribution < -0.4 is 10.2 Å². The number of β-amino-alcohol motifs (C(OH)–C–C–N with tert-alkyl or cyclic N) is 1. The van der Waals surface area contributed by atoms with Gasteiger partial charge in [0, 0.05) is 50.5 Å². The van der Waals surface area contributed by atoms with E-state index in [2.05, 4.69) is 59.3 Å². The van der Waals surface area contributed by atoms with Gasteiger partial charge in [-0.15, -0.1) is 0 Å². The maximum absolute atomic E-state index is 11.5. The molecule has 2 aromatic rings. The Morgan fingerprint density at radius 3 is 2.48 bits per heavy atom. The molecule has 164 valence electrons. The van der Waals surface area contributed by atoms with Crippen LogP contribution >= 0.6 is 0 Å². The van der Waals surface area contributed by atoms with E-state index in [-0.39, 0.29) is 5.91 Å². The molecule has 2 aromatic carbocycles. The van der Waals surface area contributed by atoms with Crippen molar-refractivity contribution in [3.63, 3.8) is 0 Å². The molecule has 31 heavy (non-hydrogen) atoms. The molecule has 2 heterocycles. The monoisotopic (exact) mass is 419 g/mol. The minimum Gasteiger partial charge on any atom is -0.388 e. The predicted octanol–water partition coefficient (Wildman–Crippen LogP) is 3.89. The number of amides is 1. The first kappa shape index (κ1) is 21.6. The highest BCUT2D eigenvalue weighted by atomic mass is 16.3. The zero-order chi connectivity index (χ0) is 21.8. The minimum atomic E-state index is -0.493. The van der Waals surface area contributed by atoms with Gasteiger partial charge in [-0.25, -0.2) is 0 Å². The maximum atomic E-state index is 11.5. The molecular weight excluding hydrogens is 386 g/mol. The summed E-state index contributed by atoms with van der Waals surface area (Å²) in [5.74, 6) is 0.640. The molecule has 2 N–H and O–H groups in total. The number of benzene rings is 2. The summed E-state index contributed by atoms with van der Waals surface area (Å²) in [6, 6.07) is 15.0. The average molecular weight is 420 g/mol. The van der Waals surface area contributed by atoms with Crippen LogP contribution in [0.2, 0.25) is 0 Å². The van der Waals surface area contributed by atoms with Gasteiger partial charge in [0.05, 0.1) is 6.10 Å². The van der Waals surface area contributed by atoms with Gasteiger partial charge in [-0.05, 0) is 53.3 Å². The van der Waals surface area contributed by atoms with Crippen LogP contribution in [0, 0.1) is 0 Å². The molecule has 2 aliphatic rings. The van der Waals surface area contributed by atoms with E-state index >= 15 is 0 Å². The normalized spacial score (nSPS) is 18.3. The Morgan fingerprint density at radius 2 is 1.77 bits per heavy atom. The molecule has 1 unspecified atom stereocenters. The molecule has 5 nitrogen and oxygen atoms in total. The summed E-state index contributed by atoms with van der Waals surface area (Å²) in [7, 11) is 0. The standard InChI is InChI=1S/C26H33N3O2/c1-19(2)21-5-8-23(9-6-21)29-15-13-28(14-16-29)18-24(30)10-3-20-4-11-25-22(17-20)7-12-26(31)27-25/h3-6,8-11,17,19,24,30H,7,12-16,18H2,1-2H3,(H,27,31)/b10-3+. The highest BCUT2D eigenvalue weighted by Gasteiger charge is 2.19. The molecule has 0 aliphatic carbocycles. The lowest BCUT2D eigenvalue weighted by atomic mass is 10.00. The van der Waals surface area contributed by atoms with Crippen molar-refractivity contribution in [2.45, 2.75) is 38.7 Å². The third-order valence-electron chi connectivity index (χ3n) is 6.28. The number of rotatable bonds is 6. The quantitative estimate of drug-likeness (QED) is 0.746. The van der Waals surface area contributed by atoms with Gasteiger partial charge in [0.2, 0.25) is 5.91 Å². The number of aliphatic hydroxyl groups is 1. The summed E-state index contributed by atoms with van der Waals surface area (Å²) in [4.78, 5) is 16.2. The van der Waals surface area contributed by atoms with Gasteiger partial charge >= 0.3 is 0 Å². The van der Waals surface area contributed by atoms with Gasteiger partial charge in [0.1, 0.15) is 0 Å². The van der Waals surface area contributed by atoms with Crippen molar-refractivity contribution >= 4 is 23.4 Å². The van der Waals surface area contributed by atoms with Gasteiger partial charge in [0.25, 0.3) is 0 Å². The lowest BCUT2D eigenvalue weighted by Gasteiger charge is -2.36. The number of hydrogen-bond donors (Lipinski definition) is 2. The van der Waals surface area contributed by atoms with Crippen molar-refractivity contribution in [3.05, 3.63) is 65.2 Å². The van der Waals surface area contributed by atoms with Crippen LogP contribution in [0.1, 0.15) is 42.9 Å². The number of carbonyl (C=O) groups excluding carboxylic acids is 1. The largest absolute Gasteiger partial charge is 0.388 e. The van der Waals surface area contributed by atoms with E-state index in [0.29, 0.717) is 18.9 Å². The van der Waals surface area contributed by atoms with E-state index in [0.717, 1.165) is 49.4 Å². The first-order valence-electron chi connectivity index (χ1n) is 11.3. The number of nitrogens with one attached hydrogen (secondary N) is 1. The summed E-state index contributed by atoms with van der Waals surface area (Å²) >= 11 is 0. The number of aliphatic hydroxyl groups excluding tert-OH is 1. The predicted molar refractivity (Wildman–Crippen MR) is 128 cm³/mol. The first-order chi connectivity index (χ1) is 15.0. The average Bonchev–Trinajstić information content (AvgIpc) is 2.78. The highest BCUT2D eigenvalue weighted by molar-refractivity contribution is 5.94. The molecule has 1 saturated heterocycles. The van der Waals surface area contributed by atoms with Crippen molar-refractivity contribution < 1.29 is 9.90 Å². The molecule has 5 heteroatoms. The molecule has 0 spiro atoms. The number of piperazine rings is 1. The molecule has 2 aliphatic heterocycles. The first-order valence-corrected chi connectivity index (χ1v) is 11.3. The Balaban J connectivity index is 1.26. The lowest BCUT2D eigenvalue weighted by molar-refractivity contribution is -0.116. The van der Waals surface area contributed by atoms with Crippen LogP contribution in [0.5, 0.6) is 0 Å². The van der Waals surface area contributed by atoms with Crippen molar-refractivity contribution in [3.8, 4) is 0 Å². The molecular formula is C26H33N3O2. The molecule has 0 bridgehead atoms. The van der Waals surface area contributed by atoms with Gasteiger partial charge in [-0.1, -0.05) is 44.2 Å². The highest BCUT2D eigenvalue weighted by Crippen LogP contribution is 2.24. The Kier molecular flexibility index (Phi) is 6.73. The van der Waals surface area contributed by atoms with Gasteiger partial charge < -0.3 is 15.3 Å².